The van der Waals surface area contributed by atoms with Gasteiger partial charge in [0.2, 0.25) is 0 Å². The van der Waals surface area contributed by atoms with Gasteiger partial charge in [0, 0.05) is 5.54 Å². The number of thiophene rings is 1. The van der Waals surface area contributed by atoms with Crippen LogP contribution in [-0.4, -0.2) is 5.54 Å². The molecule has 0 aliphatic heterocycles. The van der Waals surface area contributed by atoms with E-state index in [-0.39, 0.29) is 5.54 Å². The summed E-state index contributed by atoms with van der Waals surface area (Å²) in [5.74, 6) is 0. The van der Waals surface area contributed by atoms with Crippen LogP contribution in [0.15, 0.2) is 15.2 Å². The molecule has 0 unspecified atom stereocenters. The lowest BCUT2D eigenvalue weighted by Crippen LogP contribution is -2.24. The zero-order valence-corrected chi connectivity index (χ0v) is 8.54. The lowest BCUT2D eigenvalue weighted by atomic mass is 10.1. The Kier molecular flexibility index (Phi) is 1.82. The second-order valence-electron chi connectivity index (χ2n) is 3.26. The Labute approximate surface area is 78.7 Å². The molecule has 1 nitrogen and oxygen atoms in total. The minimum absolute atomic E-state index is 0.142. The Morgan fingerprint density at radius 3 is 2.82 bits per heavy atom. The quantitative estimate of drug-likeness (QED) is 0.833. The van der Waals surface area contributed by atoms with Crippen molar-refractivity contribution in [1.82, 2.24) is 0 Å². The summed E-state index contributed by atoms with van der Waals surface area (Å²) in [6, 6.07) is 2.15. The molecule has 0 aromatic carbocycles. The van der Waals surface area contributed by atoms with Crippen LogP contribution in [0.1, 0.15) is 18.4 Å². The van der Waals surface area contributed by atoms with Crippen molar-refractivity contribution in [3.05, 3.63) is 20.8 Å². The first-order valence-corrected chi connectivity index (χ1v) is 5.38. The molecule has 0 saturated heterocycles. The van der Waals surface area contributed by atoms with Gasteiger partial charge < -0.3 is 5.73 Å². The summed E-state index contributed by atoms with van der Waals surface area (Å²) in [5.41, 5.74) is 7.50. The van der Waals surface area contributed by atoms with Crippen LogP contribution in [0.5, 0.6) is 0 Å². The van der Waals surface area contributed by atoms with Crippen LogP contribution in [-0.2, 0) is 6.42 Å². The van der Waals surface area contributed by atoms with Gasteiger partial charge in [0.25, 0.3) is 0 Å². The van der Waals surface area contributed by atoms with Gasteiger partial charge in [-0.05, 0) is 52.2 Å². The molecule has 0 amide bonds. The molecule has 1 fully saturated rings. The Bertz CT molecular complexity index is 265. The summed E-state index contributed by atoms with van der Waals surface area (Å²) in [4.78, 5) is 0. The number of nitrogens with two attached hydrogens (primary N) is 1. The largest absolute Gasteiger partial charge is 0.325 e. The zero-order chi connectivity index (χ0) is 7.90. The van der Waals surface area contributed by atoms with Gasteiger partial charge in [-0.15, -0.1) is 11.3 Å². The lowest BCUT2D eigenvalue weighted by molar-refractivity contribution is 0.672. The Hall–Kier alpha value is 0.140. The first-order valence-electron chi connectivity index (χ1n) is 3.70. The fourth-order valence-corrected chi connectivity index (χ4v) is 2.40. The van der Waals surface area contributed by atoms with Crippen LogP contribution in [0, 0.1) is 0 Å². The van der Waals surface area contributed by atoms with Crippen molar-refractivity contribution in [2.24, 2.45) is 5.73 Å². The fourth-order valence-electron chi connectivity index (χ4n) is 1.16. The molecule has 1 aromatic rings. The summed E-state index contributed by atoms with van der Waals surface area (Å²) in [6.07, 6.45) is 3.42. The number of halogens is 1. The Morgan fingerprint density at radius 1 is 1.64 bits per heavy atom. The molecule has 0 bridgehead atoms. The second kappa shape index (κ2) is 2.57. The third-order valence-electron chi connectivity index (χ3n) is 2.13. The molecule has 1 aliphatic carbocycles. The van der Waals surface area contributed by atoms with Crippen LogP contribution in [0.4, 0.5) is 0 Å². The van der Waals surface area contributed by atoms with Crippen LogP contribution in [0.3, 0.4) is 0 Å². The van der Waals surface area contributed by atoms with Gasteiger partial charge >= 0.3 is 0 Å². The van der Waals surface area contributed by atoms with E-state index >= 15 is 0 Å². The van der Waals surface area contributed by atoms with Crippen molar-refractivity contribution in [3.8, 4) is 0 Å². The highest BCUT2D eigenvalue weighted by Gasteiger charge is 2.38. The molecule has 60 valence electrons. The van der Waals surface area contributed by atoms with Crippen LogP contribution >= 0.6 is 27.3 Å². The van der Waals surface area contributed by atoms with Crippen molar-refractivity contribution >= 4 is 27.3 Å². The number of hydrogen-bond donors (Lipinski definition) is 1. The molecule has 0 spiro atoms. The standard InChI is InChI=1S/C8H10BrNS/c9-7-6(1-4-11-7)5-8(10)2-3-8/h1,4H,2-3,5,10H2. The highest BCUT2D eigenvalue weighted by molar-refractivity contribution is 9.11. The summed E-state index contributed by atoms with van der Waals surface area (Å²) in [5, 5.41) is 2.10. The van der Waals surface area contributed by atoms with Gasteiger partial charge in [0.1, 0.15) is 0 Å². The van der Waals surface area contributed by atoms with Gasteiger partial charge in [-0.3, -0.25) is 0 Å². The second-order valence-corrected chi connectivity index (χ2v) is 5.49. The molecule has 0 atom stereocenters. The first kappa shape index (κ1) is 7.77. The Balaban J connectivity index is 2.12. The average Bonchev–Trinajstić information content (AvgIpc) is 2.54. The zero-order valence-electron chi connectivity index (χ0n) is 6.14. The third-order valence-corrected chi connectivity index (χ3v) is 3.94. The van der Waals surface area contributed by atoms with Crippen molar-refractivity contribution in [3.63, 3.8) is 0 Å². The topological polar surface area (TPSA) is 26.0 Å². The van der Waals surface area contributed by atoms with E-state index in [0.29, 0.717) is 0 Å². The van der Waals surface area contributed by atoms with E-state index < -0.39 is 0 Å². The maximum Gasteiger partial charge on any atom is 0.0731 e. The molecule has 11 heavy (non-hydrogen) atoms. The maximum absolute atomic E-state index is 5.99. The van der Waals surface area contributed by atoms with Gasteiger partial charge in [-0.1, -0.05) is 0 Å². The predicted octanol–water partition coefficient (Wildman–Crippen LogP) is 2.54. The summed E-state index contributed by atoms with van der Waals surface area (Å²) < 4.78 is 1.24. The summed E-state index contributed by atoms with van der Waals surface area (Å²) in [7, 11) is 0. The van der Waals surface area contributed by atoms with Crippen LogP contribution in [0.2, 0.25) is 0 Å². The molecule has 2 rings (SSSR count). The maximum atomic E-state index is 5.99. The van der Waals surface area contributed by atoms with Gasteiger partial charge in [0.05, 0.1) is 3.79 Å². The highest BCUT2D eigenvalue weighted by Crippen LogP contribution is 2.38. The van der Waals surface area contributed by atoms with E-state index in [0.717, 1.165) is 6.42 Å². The summed E-state index contributed by atoms with van der Waals surface area (Å²) >= 11 is 5.24. The molecule has 1 aromatic heterocycles. The van der Waals surface area contributed by atoms with Gasteiger partial charge in [-0.25, -0.2) is 0 Å². The van der Waals surface area contributed by atoms with Crippen molar-refractivity contribution in [2.75, 3.05) is 0 Å². The van der Waals surface area contributed by atoms with Crippen LogP contribution in [0.25, 0.3) is 0 Å². The lowest BCUT2D eigenvalue weighted by Gasteiger charge is -2.05. The Morgan fingerprint density at radius 2 is 2.36 bits per heavy atom. The van der Waals surface area contributed by atoms with E-state index in [1.54, 1.807) is 11.3 Å². The van der Waals surface area contributed by atoms with E-state index in [1.807, 2.05) is 0 Å². The minimum atomic E-state index is 0.142. The normalized spacial score (nSPS) is 20.2. The van der Waals surface area contributed by atoms with E-state index in [4.69, 9.17) is 5.73 Å². The van der Waals surface area contributed by atoms with Gasteiger partial charge in [0.15, 0.2) is 0 Å². The monoisotopic (exact) mass is 231 g/mol. The fraction of sp³-hybridized carbons (Fsp3) is 0.500. The molecular weight excluding hydrogens is 222 g/mol. The molecule has 2 N–H and O–H groups in total. The van der Waals surface area contributed by atoms with E-state index in [9.17, 15) is 0 Å². The van der Waals surface area contributed by atoms with Crippen molar-refractivity contribution in [1.29, 1.82) is 0 Å². The van der Waals surface area contributed by atoms with E-state index in [1.165, 1.54) is 22.2 Å². The smallest absolute Gasteiger partial charge is 0.0731 e. The molecular formula is C8H10BrNS. The van der Waals surface area contributed by atoms with Crippen molar-refractivity contribution < 1.29 is 0 Å². The molecule has 0 radical (unpaired) electrons. The molecule has 1 aliphatic rings. The highest BCUT2D eigenvalue weighted by atomic mass is 79.9. The average molecular weight is 232 g/mol. The van der Waals surface area contributed by atoms with E-state index in [2.05, 4.69) is 27.4 Å². The third kappa shape index (κ3) is 1.66. The number of hydrogen-bond acceptors (Lipinski definition) is 2. The first-order chi connectivity index (χ1) is 5.20. The minimum Gasteiger partial charge on any atom is -0.325 e. The van der Waals surface area contributed by atoms with Crippen molar-refractivity contribution in [2.45, 2.75) is 24.8 Å². The number of rotatable bonds is 2. The summed E-state index contributed by atoms with van der Waals surface area (Å²) in [6.45, 7) is 0. The SMILES string of the molecule is NC1(Cc2ccsc2Br)CC1. The molecule has 1 heterocycles. The predicted molar refractivity (Wildman–Crippen MR) is 51.9 cm³/mol. The van der Waals surface area contributed by atoms with Gasteiger partial charge in [-0.2, -0.15) is 0 Å². The van der Waals surface area contributed by atoms with Crippen LogP contribution < -0.4 is 5.73 Å². The molecule has 3 heteroatoms. The molecule has 1 saturated carbocycles.